The maximum atomic E-state index is 13.2. The minimum atomic E-state index is -3.84. The van der Waals surface area contributed by atoms with Crippen LogP contribution in [0.2, 0.25) is 0 Å². The molecule has 8 heteroatoms. The van der Waals surface area contributed by atoms with Gasteiger partial charge in [-0.2, -0.15) is 0 Å². The number of nitrogen functional groups attached to an aromatic ring is 1. The molecular weight excluding hydrogens is 295 g/mol. The second-order valence-electron chi connectivity index (χ2n) is 4.39. The van der Waals surface area contributed by atoms with Crippen LogP contribution in [0.3, 0.4) is 0 Å². The lowest BCUT2D eigenvalue weighted by Crippen LogP contribution is -2.28. The average Bonchev–Trinajstić information content (AvgIpc) is 2.46. The van der Waals surface area contributed by atoms with E-state index in [0.717, 1.165) is 0 Å². The molecule has 0 fully saturated rings. The fourth-order valence-electron chi connectivity index (χ4n) is 1.86. The van der Waals surface area contributed by atoms with Crippen LogP contribution in [0, 0.1) is 5.82 Å². The number of pyridine rings is 1. The first-order chi connectivity index (χ1) is 9.94. The van der Waals surface area contributed by atoms with E-state index >= 15 is 0 Å². The fourth-order valence-corrected chi connectivity index (χ4v) is 3.21. The fraction of sp³-hybridized carbons (Fsp3) is 0.154. The van der Waals surface area contributed by atoms with Crippen LogP contribution in [0.5, 0.6) is 0 Å². The van der Waals surface area contributed by atoms with Crippen molar-refractivity contribution in [2.75, 3.05) is 5.43 Å². The lowest BCUT2D eigenvalue weighted by atomic mass is 10.1. The molecule has 21 heavy (non-hydrogen) atoms. The number of nitrogens with two attached hydrogens (primary N) is 1. The van der Waals surface area contributed by atoms with E-state index in [1.807, 2.05) is 0 Å². The predicted molar refractivity (Wildman–Crippen MR) is 77.2 cm³/mol. The van der Waals surface area contributed by atoms with Gasteiger partial charge < -0.3 is 5.43 Å². The Hall–Kier alpha value is -2.03. The molecule has 4 N–H and O–H groups in total. The number of hydrogen-bond donors (Lipinski definition) is 3. The zero-order valence-corrected chi connectivity index (χ0v) is 12.1. The van der Waals surface area contributed by atoms with Crippen LogP contribution in [0.1, 0.15) is 18.5 Å². The monoisotopic (exact) mass is 310 g/mol. The molecule has 0 amide bonds. The van der Waals surface area contributed by atoms with Gasteiger partial charge in [0.2, 0.25) is 10.0 Å². The topological polar surface area (TPSA) is 97.1 Å². The summed E-state index contributed by atoms with van der Waals surface area (Å²) in [5.41, 5.74) is 2.75. The van der Waals surface area contributed by atoms with Crippen LogP contribution >= 0.6 is 0 Å². The van der Waals surface area contributed by atoms with Crippen LogP contribution < -0.4 is 16.0 Å². The Bertz CT molecular complexity index is 736. The van der Waals surface area contributed by atoms with Gasteiger partial charge in [-0.15, -0.1) is 0 Å². The number of sulfonamides is 1. The van der Waals surface area contributed by atoms with E-state index in [4.69, 9.17) is 5.84 Å². The van der Waals surface area contributed by atoms with Gasteiger partial charge >= 0.3 is 0 Å². The summed E-state index contributed by atoms with van der Waals surface area (Å²) in [5.74, 6) is 4.87. The zero-order chi connectivity index (χ0) is 15.5. The quantitative estimate of drug-likeness (QED) is 0.575. The van der Waals surface area contributed by atoms with Gasteiger partial charge in [-0.05, 0) is 36.8 Å². The van der Waals surface area contributed by atoms with Gasteiger partial charge in [0.25, 0.3) is 0 Å². The molecule has 1 unspecified atom stereocenters. The summed E-state index contributed by atoms with van der Waals surface area (Å²) in [6, 6.07) is 8.00. The second kappa shape index (κ2) is 6.17. The van der Waals surface area contributed by atoms with Crippen molar-refractivity contribution in [1.82, 2.24) is 9.71 Å². The molecule has 2 aromatic rings. The molecule has 0 saturated carbocycles. The van der Waals surface area contributed by atoms with Gasteiger partial charge in [-0.25, -0.2) is 28.4 Å². The highest BCUT2D eigenvalue weighted by Crippen LogP contribution is 2.21. The van der Waals surface area contributed by atoms with E-state index in [-0.39, 0.29) is 10.7 Å². The summed E-state index contributed by atoms with van der Waals surface area (Å²) in [5, 5.41) is 0. The van der Waals surface area contributed by atoms with Crippen molar-refractivity contribution in [3.05, 3.63) is 54.0 Å². The maximum Gasteiger partial charge on any atom is 0.244 e. The minimum Gasteiger partial charge on any atom is -0.307 e. The molecule has 0 aliphatic rings. The largest absolute Gasteiger partial charge is 0.307 e. The van der Waals surface area contributed by atoms with Crippen molar-refractivity contribution in [1.29, 1.82) is 0 Å². The SMILES string of the molecule is CC(NS(=O)(=O)c1cccnc1NN)c1cccc(F)c1. The van der Waals surface area contributed by atoms with Gasteiger partial charge in [0.05, 0.1) is 0 Å². The van der Waals surface area contributed by atoms with Gasteiger partial charge in [0, 0.05) is 12.2 Å². The summed E-state index contributed by atoms with van der Waals surface area (Å²) >= 11 is 0. The van der Waals surface area contributed by atoms with Crippen molar-refractivity contribution in [2.24, 2.45) is 5.84 Å². The Morgan fingerprint density at radius 3 is 2.71 bits per heavy atom. The Labute approximate surface area is 122 Å². The number of rotatable bonds is 5. The molecule has 0 saturated heterocycles. The number of hydrogen-bond acceptors (Lipinski definition) is 5. The third-order valence-electron chi connectivity index (χ3n) is 2.88. The molecule has 1 heterocycles. The highest BCUT2D eigenvalue weighted by Gasteiger charge is 2.22. The lowest BCUT2D eigenvalue weighted by Gasteiger charge is -2.16. The van der Waals surface area contributed by atoms with E-state index < -0.39 is 21.9 Å². The van der Waals surface area contributed by atoms with Crippen molar-refractivity contribution < 1.29 is 12.8 Å². The Morgan fingerprint density at radius 2 is 2.05 bits per heavy atom. The highest BCUT2D eigenvalue weighted by atomic mass is 32.2. The lowest BCUT2D eigenvalue weighted by molar-refractivity contribution is 0.564. The van der Waals surface area contributed by atoms with E-state index in [1.54, 1.807) is 13.0 Å². The van der Waals surface area contributed by atoms with E-state index in [1.165, 1.54) is 36.5 Å². The molecule has 0 aliphatic carbocycles. The number of anilines is 1. The molecule has 6 nitrogen and oxygen atoms in total. The number of aromatic nitrogens is 1. The smallest absolute Gasteiger partial charge is 0.244 e. The van der Waals surface area contributed by atoms with Crippen molar-refractivity contribution >= 4 is 15.8 Å². The molecule has 0 aliphatic heterocycles. The van der Waals surface area contributed by atoms with E-state index in [9.17, 15) is 12.8 Å². The Kier molecular flexibility index (Phi) is 4.51. The first-order valence-electron chi connectivity index (χ1n) is 6.13. The summed E-state index contributed by atoms with van der Waals surface area (Å²) < 4.78 is 40.3. The van der Waals surface area contributed by atoms with Crippen molar-refractivity contribution in [2.45, 2.75) is 17.9 Å². The number of nitrogens with zero attached hydrogens (tertiary/aromatic N) is 1. The molecule has 0 spiro atoms. The van der Waals surface area contributed by atoms with Gasteiger partial charge in [-0.3, -0.25) is 0 Å². The molecule has 112 valence electrons. The number of benzene rings is 1. The minimum absolute atomic E-state index is 0.0384. The molecule has 2 rings (SSSR count). The highest BCUT2D eigenvalue weighted by molar-refractivity contribution is 7.89. The summed E-state index contributed by atoms with van der Waals surface area (Å²) in [6.07, 6.45) is 1.42. The number of nitrogens with one attached hydrogen (secondary N) is 2. The third-order valence-corrected chi connectivity index (χ3v) is 4.45. The molecule has 0 radical (unpaired) electrons. The predicted octanol–water partition coefficient (Wildman–Crippen LogP) is 1.55. The molecular formula is C13H15FN4O2S. The summed E-state index contributed by atoms with van der Waals surface area (Å²) in [4.78, 5) is 3.77. The molecule has 1 atom stereocenters. The van der Waals surface area contributed by atoms with Crippen LogP contribution in [-0.4, -0.2) is 13.4 Å². The summed E-state index contributed by atoms with van der Waals surface area (Å²) in [6.45, 7) is 1.62. The first kappa shape index (κ1) is 15.4. The van der Waals surface area contributed by atoms with Crippen LogP contribution in [0.15, 0.2) is 47.5 Å². The third kappa shape index (κ3) is 3.54. The van der Waals surface area contributed by atoms with Crippen molar-refractivity contribution in [3.63, 3.8) is 0 Å². The normalized spacial score (nSPS) is 12.9. The number of hydrazine groups is 1. The Balaban J connectivity index is 2.29. The molecule has 0 bridgehead atoms. The van der Waals surface area contributed by atoms with Crippen LogP contribution in [-0.2, 0) is 10.0 Å². The average molecular weight is 310 g/mol. The van der Waals surface area contributed by atoms with E-state index in [2.05, 4.69) is 15.1 Å². The zero-order valence-electron chi connectivity index (χ0n) is 11.2. The van der Waals surface area contributed by atoms with Gasteiger partial charge in [0.15, 0.2) is 5.82 Å². The maximum absolute atomic E-state index is 13.2. The van der Waals surface area contributed by atoms with Crippen LogP contribution in [0.4, 0.5) is 10.2 Å². The molecule has 1 aromatic heterocycles. The standard InChI is InChI=1S/C13H15FN4O2S/c1-9(10-4-2-5-11(14)8-10)18-21(19,20)12-6-3-7-16-13(12)17-15/h2-9,18H,15H2,1H3,(H,16,17). The second-order valence-corrected chi connectivity index (χ2v) is 6.07. The van der Waals surface area contributed by atoms with Crippen molar-refractivity contribution in [3.8, 4) is 0 Å². The molecule has 1 aromatic carbocycles. The number of halogens is 1. The van der Waals surface area contributed by atoms with Gasteiger partial charge in [0.1, 0.15) is 10.7 Å². The van der Waals surface area contributed by atoms with E-state index in [0.29, 0.717) is 5.56 Å². The Morgan fingerprint density at radius 1 is 1.29 bits per heavy atom. The first-order valence-corrected chi connectivity index (χ1v) is 7.62. The van der Waals surface area contributed by atoms with Gasteiger partial charge in [-0.1, -0.05) is 12.1 Å². The summed E-state index contributed by atoms with van der Waals surface area (Å²) in [7, 11) is -3.84. The van der Waals surface area contributed by atoms with Crippen LogP contribution in [0.25, 0.3) is 0 Å².